The van der Waals surface area contributed by atoms with E-state index in [9.17, 15) is 14.9 Å². The van der Waals surface area contributed by atoms with Crippen molar-refractivity contribution in [1.29, 1.82) is 0 Å². The standard InChI is InChI=1S/C25H20N4O5S/c1-2-33-23-13-17(11-12-22(23)34-24(30)18-7-4-3-5-8-18)15-26-28-25-27-21(16-35-25)19-9-6-10-20(14-19)29(31)32/h3-16H,2H2,1H3,(H,27,28)/b26-15-. The van der Waals surface area contributed by atoms with Crippen LogP contribution in [0.2, 0.25) is 0 Å². The van der Waals surface area contributed by atoms with Crippen molar-refractivity contribution in [3.63, 3.8) is 0 Å². The number of carbonyl (C=O) groups is 1. The number of nitro groups is 1. The van der Waals surface area contributed by atoms with Gasteiger partial charge in [-0.3, -0.25) is 15.5 Å². The van der Waals surface area contributed by atoms with Crippen molar-refractivity contribution in [2.45, 2.75) is 6.92 Å². The van der Waals surface area contributed by atoms with E-state index in [2.05, 4.69) is 15.5 Å². The zero-order valence-electron chi connectivity index (χ0n) is 18.6. The lowest BCUT2D eigenvalue weighted by Gasteiger charge is -2.11. The summed E-state index contributed by atoms with van der Waals surface area (Å²) in [7, 11) is 0. The van der Waals surface area contributed by atoms with Crippen LogP contribution in [0, 0.1) is 10.1 Å². The molecule has 0 aliphatic heterocycles. The largest absolute Gasteiger partial charge is 0.490 e. The molecule has 0 radical (unpaired) electrons. The third-order valence-electron chi connectivity index (χ3n) is 4.71. The molecular weight excluding hydrogens is 468 g/mol. The van der Waals surface area contributed by atoms with Crippen molar-refractivity contribution in [2.24, 2.45) is 5.10 Å². The van der Waals surface area contributed by atoms with Gasteiger partial charge in [-0.05, 0) is 42.8 Å². The molecule has 176 valence electrons. The predicted molar refractivity (Wildman–Crippen MR) is 134 cm³/mol. The van der Waals surface area contributed by atoms with Gasteiger partial charge in [-0.1, -0.05) is 30.3 Å². The van der Waals surface area contributed by atoms with Crippen LogP contribution in [0.4, 0.5) is 10.8 Å². The number of rotatable bonds is 9. The second-order valence-corrected chi connectivity index (χ2v) is 7.97. The molecule has 0 bridgehead atoms. The molecule has 9 nitrogen and oxygen atoms in total. The molecule has 0 atom stereocenters. The maximum Gasteiger partial charge on any atom is 0.343 e. The van der Waals surface area contributed by atoms with Gasteiger partial charge in [0.2, 0.25) is 5.13 Å². The van der Waals surface area contributed by atoms with Crippen molar-refractivity contribution in [3.05, 3.63) is 99.4 Å². The first-order chi connectivity index (χ1) is 17.0. The average Bonchev–Trinajstić information content (AvgIpc) is 3.35. The molecule has 0 saturated heterocycles. The molecule has 1 heterocycles. The van der Waals surface area contributed by atoms with Crippen molar-refractivity contribution in [1.82, 2.24) is 4.98 Å². The minimum Gasteiger partial charge on any atom is -0.490 e. The van der Waals surface area contributed by atoms with Crippen LogP contribution < -0.4 is 14.9 Å². The summed E-state index contributed by atoms with van der Waals surface area (Å²) in [6.45, 7) is 2.24. The van der Waals surface area contributed by atoms with Crippen molar-refractivity contribution in [3.8, 4) is 22.8 Å². The molecule has 0 saturated carbocycles. The lowest BCUT2D eigenvalue weighted by molar-refractivity contribution is -0.384. The van der Waals surface area contributed by atoms with Crippen molar-refractivity contribution < 1.29 is 19.2 Å². The van der Waals surface area contributed by atoms with Crippen LogP contribution >= 0.6 is 11.3 Å². The van der Waals surface area contributed by atoms with Gasteiger partial charge in [-0.2, -0.15) is 5.10 Å². The number of anilines is 1. The zero-order valence-corrected chi connectivity index (χ0v) is 19.4. The van der Waals surface area contributed by atoms with Gasteiger partial charge in [-0.15, -0.1) is 11.3 Å². The first-order valence-corrected chi connectivity index (χ1v) is 11.4. The molecule has 0 aliphatic rings. The van der Waals surface area contributed by atoms with Gasteiger partial charge in [0.15, 0.2) is 11.5 Å². The highest BCUT2D eigenvalue weighted by molar-refractivity contribution is 7.14. The number of nitrogens with zero attached hydrogens (tertiary/aromatic N) is 3. The summed E-state index contributed by atoms with van der Waals surface area (Å²) in [5.41, 5.74) is 5.28. The summed E-state index contributed by atoms with van der Waals surface area (Å²) in [5, 5.41) is 17.5. The van der Waals surface area contributed by atoms with Gasteiger partial charge in [-0.25, -0.2) is 9.78 Å². The Bertz CT molecular complexity index is 1370. The molecule has 1 aromatic heterocycles. The van der Waals surface area contributed by atoms with Gasteiger partial charge in [0.1, 0.15) is 0 Å². The third kappa shape index (κ3) is 6.06. The Kier molecular flexibility index (Phi) is 7.44. The van der Waals surface area contributed by atoms with Crippen LogP contribution in [-0.4, -0.2) is 28.7 Å². The van der Waals surface area contributed by atoms with E-state index >= 15 is 0 Å². The number of hydrazone groups is 1. The van der Waals surface area contributed by atoms with Crippen molar-refractivity contribution >= 4 is 34.3 Å². The van der Waals surface area contributed by atoms with Gasteiger partial charge >= 0.3 is 5.97 Å². The number of thiazole rings is 1. The lowest BCUT2D eigenvalue weighted by Crippen LogP contribution is -2.09. The molecule has 0 fully saturated rings. The van der Waals surface area contributed by atoms with Crippen LogP contribution in [0.15, 0.2) is 83.3 Å². The monoisotopic (exact) mass is 488 g/mol. The molecule has 35 heavy (non-hydrogen) atoms. The predicted octanol–water partition coefficient (Wildman–Crippen LogP) is 5.78. The van der Waals surface area contributed by atoms with E-state index in [0.717, 1.165) is 5.56 Å². The van der Waals surface area contributed by atoms with Crippen LogP contribution in [0.3, 0.4) is 0 Å². The van der Waals surface area contributed by atoms with Gasteiger partial charge in [0.05, 0.1) is 29.0 Å². The smallest absolute Gasteiger partial charge is 0.343 e. The Balaban J connectivity index is 1.44. The maximum absolute atomic E-state index is 12.4. The van der Waals surface area contributed by atoms with E-state index in [4.69, 9.17) is 9.47 Å². The maximum atomic E-state index is 12.4. The first-order valence-electron chi connectivity index (χ1n) is 10.6. The number of nitro benzene ring substituents is 1. The second kappa shape index (κ2) is 11.0. The summed E-state index contributed by atoms with van der Waals surface area (Å²) >= 11 is 1.32. The molecule has 3 aromatic carbocycles. The quantitative estimate of drug-likeness (QED) is 0.104. The zero-order chi connectivity index (χ0) is 24.6. The number of ether oxygens (including phenoxy) is 2. The fourth-order valence-corrected chi connectivity index (χ4v) is 3.76. The number of carbonyl (C=O) groups excluding carboxylic acids is 1. The molecule has 1 N–H and O–H groups in total. The minimum atomic E-state index is -0.474. The number of benzene rings is 3. The SMILES string of the molecule is CCOc1cc(/C=N\Nc2nc(-c3cccc([N+](=O)[O-])c3)cs2)ccc1OC(=O)c1ccccc1. The summed E-state index contributed by atoms with van der Waals surface area (Å²) in [6, 6.07) is 20.1. The molecule has 4 rings (SSSR count). The van der Waals surface area contributed by atoms with Crippen LogP contribution in [0.5, 0.6) is 11.5 Å². The first kappa shape index (κ1) is 23.6. The Hall–Kier alpha value is -4.57. The molecule has 4 aromatic rings. The molecule has 10 heteroatoms. The van der Waals surface area contributed by atoms with E-state index in [1.807, 2.05) is 13.0 Å². The fraction of sp³-hybridized carbons (Fsp3) is 0.0800. The van der Waals surface area contributed by atoms with Crippen LogP contribution in [0.25, 0.3) is 11.3 Å². The Morgan fingerprint density at radius 1 is 1.11 bits per heavy atom. The molecule has 0 amide bonds. The lowest BCUT2D eigenvalue weighted by atomic mass is 10.1. The third-order valence-corrected chi connectivity index (χ3v) is 5.46. The van der Waals surface area contributed by atoms with Gasteiger partial charge in [0, 0.05) is 23.1 Å². The number of hydrogen-bond acceptors (Lipinski definition) is 9. The Morgan fingerprint density at radius 2 is 1.94 bits per heavy atom. The normalized spacial score (nSPS) is 10.8. The van der Waals surface area contributed by atoms with Gasteiger partial charge in [0.25, 0.3) is 5.69 Å². The van der Waals surface area contributed by atoms with E-state index in [1.165, 1.54) is 23.5 Å². The summed E-state index contributed by atoms with van der Waals surface area (Å²) in [5.74, 6) is 0.258. The van der Waals surface area contributed by atoms with Crippen LogP contribution in [0.1, 0.15) is 22.8 Å². The fourth-order valence-electron chi connectivity index (χ4n) is 3.09. The minimum absolute atomic E-state index is 0.00558. The van der Waals surface area contributed by atoms with E-state index in [-0.39, 0.29) is 5.69 Å². The number of hydrogen-bond donors (Lipinski definition) is 1. The van der Waals surface area contributed by atoms with E-state index in [0.29, 0.717) is 40.1 Å². The summed E-state index contributed by atoms with van der Waals surface area (Å²) in [6.07, 6.45) is 1.58. The van der Waals surface area contributed by atoms with Crippen molar-refractivity contribution in [2.75, 3.05) is 12.0 Å². The average molecular weight is 489 g/mol. The topological polar surface area (TPSA) is 116 Å². The van der Waals surface area contributed by atoms with E-state index < -0.39 is 10.9 Å². The highest BCUT2D eigenvalue weighted by Gasteiger charge is 2.13. The number of aromatic nitrogens is 1. The Labute approximate surface area is 204 Å². The van der Waals surface area contributed by atoms with E-state index in [1.54, 1.807) is 66.2 Å². The highest BCUT2D eigenvalue weighted by Crippen LogP contribution is 2.30. The van der Waals surface area contributed by atoms with Crippen LogP contribution in [-0.2, 0) is 0 Å². The number of non-ortho nitro benzene ring substituents is 1. The van der Waals surface area contributed by atoms with Gasteiger partial charge < -0.3 is 9.47 Å². The molecule has 0 unspecified atom stereocenters. The molecule has 0 spiro atoms. The number of esters is 1. The Morgan fingerprint density at radius 3 is 2.71 bits per heavy atom. The summed E-state index contributed by atoms with van der Waals surface area (Å²) < 4.78 is 11.1. The number of nitrogens with one attached hydrogen (secondary N) is 1. The second-order valence-electron chi connectivity index (χ2n) is 7.11. The molecule has 0 aliphatic carbocycles. The summed E-state index contributed by atoms with van der Waals surface area (Å²) in [4.78, 5) is 27.4. The molecular formula is C25H20N4O5S. The highest BCUT2D eigenvalue weighted by atomic mass is 32.1.